The van der Waals surface area contributed by atoms with Gasteiger partial charge < -0.3 is 14.7 Å². The third kappa shape index (κ3) is 5.54. The quantitative estimate of drug-likeness (QED) is 0.648. The van der Waals surface area contributed by atoms with Crippen molar-refractivity contribution in [1.82, 2.24) is 24.6 Å². The van der Waals surface area contributed by atoms with Gasteiger partial charge in [0, 0.05) is 24.5 Å². The van der Waals surface area contributed by atoms with Gasteiger partial charge in [-0.1, -0.05) is 0 Å². The molecule has 0 saturated heterocycles. The molecule has 0 aromatic carbocycles. The molecule has 2 aromatic heterocycles. The number of ether oxygens (including phenoxy) is 1. The van der Waals surface area contributed by atoms with E-state index >= 15 is 0 Å². The van der Waals surface area contributed by atoms with Crippen LogP contribution in [0, 0.1) is 0 Å². The number of nitrogens with zero attached hydrogens (tertiary/aromatic N) is 6. The highest BCUT2D eigenvalue weighted by Crippen LogP contribution is 2.20. The fraction of sp³-hybridized carbons (Fsp3) is 0.600. The van der Waals surface area contributed by atoms with Crippen molar-refractivity contribution in [2.24, 2.45) is 0 Å². The lowest BCUT2D eigenvalue weighted by Crippen LogP contribution is -2.51. The third-order valence-corrected chi connectivity index (χ3v) is 6.24. The van der Waals surface area contributed by atoms with Crippen molar-refractivity contribution in [1.29, 1.82) is 0 Å². The Kier molecular flexibility index (Phi) is 6.75. The van der Waals surface area contributed by atoms with E-state index in [0.717, 1.165) is 12.1 Å². The zero-order chi connectivity index (χ0) is 23.7. The van der Waals surface area contributed by atoms with Crippen molar-refractivity contribution in [2.75, 3.05) is 24.3 Å². The molecule has 2 aromatic rings. The Morgan fingerprint density at radius 2 is 2.03 bits per heavy atom. The highest BCUT2D eigenvalue weighted by atomic mass is 32.2. The summed E-state index contributed by atoms with van der Waals surface area (Å²) >= 11 is 0. The number of fused-ring (bicyclic) bond motifs is 1. The molecule has 0 fully saturated rings. The van der Waals surface area contributed by atoms with Crippen molar-refractivity contribution in [3.63, 3.8) is 0 Å². The van der Waals surface area contributed by atoms with E-state index in [0.29, 0.717) is 31.3 Å². The highest BCUT2D eigenvalue weighted by molar-refractivity contribution is 7.90. The number of carboxylic acid groups (broad SMARTS) is 1. The number of anilines is 1. The summed E-state index contributed by atoms with van der Waals surface area (Å²) < 4.78 is 30.8. The normalized spacial score (nSPS) is 15.3. The Labute approximate surface area is 187 Å². The van der Waals surface area contributed by atoms with Crippen LogP contribution in [0.5, 0.6) is 0 Å². The van der Waals surface area contributed by atoms with E-state index in [4.69, 9.17) is 4.74 Å². The molecule has 0 aliphatic carbocycles. The number of aromatic nitrogens is 4. The second-order valence-electron chi connectivity index (χ2n) is 8.90. The monoisotopic (exact) mass is 466 g/mol. The molecule has 1 unspecified atom stereocenters. The first kappa shape index (κ1) is 23.9. The van der Waals surface area contributed by atoms with Gasteiger partial charge in [-0.2, -0.15) is 5.10 Å². The molecule has 1 atom stereocenters. The molecule has 0 bridgehead atoms. The number of rotatable bonds is 7. The topological polar surface area (TPSA) is 131 Å². The minimum absolute atomic E-state index is 0.183. The summed E-state index contributed by atoms with van der Waals surface area (Å²) in [5, 5.41) is 14.0. The molecule has 3 heterocycles. The highest BCUT2D eigenvalue weighted by Gasteiger charge is 2.31. The second-order valence-corrected chi connectivity index (χ2v) is 10.9. The van der Waals surface area contributed by atoms with Gasteiger partial charge in [-0.25, -0.2) is 27.9 Å². The first-order valence-electron chi connectivity index (χ1n) is 10.3. The average molecular weight is 467 g/mol. The smallest absolute Gasteiger partial charge is 0.408 e. The molecule has 1 amide bonds. The Morgan fingerprint density at radius 1 is 1.31 bits per heavy atom. The van der Waals surface area contributed by atoms with Crippen LogP contribution in [0.3, 0.4) is 0 Å². The lowest BCUT2D eigenvalue weighted by atomic mass is 10.0. The molecule has 176 valence electrons. The van der Waals surface area contributed by atoms with Crippen LogP contribution in [0.25, 0.3) is 0 Å². The SMILES string of the molecule is CC(COCc1nc2n(n1)CCN(c1ccc(S(C)(=O)=O)cn1)C2)N(C(=O)O)C(C)(C)C. The summed E-state index contributed by atoms with van der Waals surface area (Å²) in [6.45, 7) is 9.53. The largest absolute Gasteiger partial charge is 0.465 e. The van der Waals surface area contributed by atoms with Gasteiger partial charge in [0.15, 0.2) is 15.7 Å². The number of hydrogen-bond donors (Lipinski definition) is 1. The molecule has 12 heteroatoms. The molecular weight excluding hydrogens is 436 g/mol. The van der Waals surface area contributed by atoms with Gasteiger partial charge in [0.25, 0.3) is 0 Å². The van der Waals surface area contributed by atoms with Gasteiger partial charge in [-0.15, -0.1) is 0 Å². The van der Waals surface area contributed by atoms with E-state index < -0.39 is 21.5 Å². The Balaban J connectivity index is 1.59. The Bertz CT molecular complexity index is 1060. The number of carbonyl (C=O) groups is 1. The fourth-order valence-corrected chi connectivity index (χ4v) is 4.31. The number of hydrogen-bond acceptors (Lipinski definition) is 8. The van der Waals surface area contributed by atoms with E-state index in [-0.39, 0.29) is 24.2 Å². The van der Waals surface area contributed by atoms with Gasteiger partial charge in [-0.3, -0.25) is 4.90 Å². The van der Waals surface area contributed by atoms with Crippen LogP contribution in [-0.4, -0.2) is 75.3 Å². The molecule has 0 spiro atoms. The van der Waals surface area contributed by atoms with Crippen LogP contribution in [0.1, 0.15) is 39.3 Å². The van der Waals surface area contributed by atoms with E-state index in [2.05, 4.69) is 15.1 Å². The molecule has 32 heavy (non-hydrogen) atoms. The number of amides is 1. The lowest BCUT2D eigenvalue weighted by Gasteiger charge is -2.37. The van der Waals surface area contributed by atoms with Gasteiger partial charge in [0.1, 0.15) is 18.2 Å². The second kappa shape index (κ2) is 9.02. The van der Waals surface area contributed by atoms with Crippen molar-refractivity contribution >= 4 is 21.7 Å². The molecule has 3 rings (SSSR count). The summed E-state index contributed by atoms with van der Waals surface area (Å²) in [5.74, 6) is 1.97. The maximum Gasteiger partial charge on any atom is 0.408 e. The molecule has 0 saturated carbocycles. The van der Waals surface area contributed by atoms with Gasteiger partial charge in [-0.05, 0) is 39.8 Å². The molecule has 11 nitrogen and oxygen atoms in total. The lowest BCUT2D eigenvalue weighted by molar-refractivity contribution is 0.0201. The van der Waals surface area contributed by atoms with Crippen molar-refractivity contribution in [3.05, 3.63) is 30.0 Å². The predicted molar refractivity (Wildman–Crippen MR) is 117 cm³/mol. The molecule has 1 aliphatic heterocycles. The number of pyridine rings is 1. The van der Waals surface area contributed by atoms with Crippen LogP contribution < -0.4 is 4.90 Å². The zero-order valence-electron chi connectivity index (χ0n) is 19.0. The minimum atomic E-state index is -3.29. The van der Waals surface area contributed by atoms with Crippen molar-refractivity contribution < 1.29 is 23.1 Å². The van der Waals surface area contributed by atoms with E-state index in [1.54, 1.807) is 12.1 Å². The van der Waals surface area contributed by atoms with Gasteiger partial charge in [0.05, 0.1) is 30.6 Å². The van der Waals surface area contributed by atoms with Gasteiger partial charge in [0.2, 0.25) is 0 Å². The van der Waals surface area contributed by atoms with Crippen LogP contribution in [0.15, 0.2) is 23.2 Å². The summed E-state index contributed by atoms with van der Waals surface area (Å²) in [6.07, 6.45) is 1.53. The van der Waals surface area contributed by atoms with E-state index in [1.807, 2.05) is 37.3 Å². The standard InChI is InChI=1S/C20H30N6O5S/c1-14(26(19(27)28)20(2,3)4)12-31-13-16-22-18-11-24(8-9-25(18)23-16)17-7-6-15(10-21-17)32(5,29)30/h6-7,10,14H,8-9,11-13H2,1-5H3,(H,27,28). The van der Waals surface area contributed by atoms with Crippen LogP contribution in [-0.2, 0) is 34.3 Å². The first-order valence-corrected chi connectivity index (χ1v) is 12.2. The first-order chi connectivity index (χ1) is 14.9. The molecule has 0 radical (unpaired) electrons. The molecular formula is C20H30N6O5S. The maximum atomic E-state index is 11.6. The Morgan fingerprint density at radius 3 is 2.59 bits per heavy atom. The van der Waals surface area contributed by atoms with Crippen LogP contribution in [0.4, 0.5) is 10.6 Å². The van der Waals surface area contributed by atoms with Crippen molar-refractivity contribution in [2.45, 2.75) is 63.9 Å². The molecule has 1 aliphatic rings. The van der Waals surface area contributed by atoms with Crippen LogP contribution in [0.2, 0.25) is 0 Å². The minimum Gasteiger partial charge on any atom is -0.465 e. The average Bonchev–Trinajstić information content (AvgIpc) is 3.07. The predicted octanol–water partition coefficient (Wildman–Crippen LogP) is 1.78. The fourth-order valence-electron chi connectivity index (χ4n) is 3.75. The third-order valence-electron chi connectivity index (χ3n) is 5.14. The summed E-state index contributed by atoms with van der Waals surface area (Å²) in [6, 6.07) is 2.92. The summed E-state index contributed by atoms with van der Waals surface area (Å²) in [4.78, 5) is 24.0. The molecule has 1 N–H and O–H groups in total. The van der Waals surface area contributed by atoms with Gasteiger partial charge >= 0.3 is 6.09 Å². The van der Waals surface area contributed by atoms with E-state index in [9.17, 15) is 18.3 Å². The zero-order valence-corrected chi connectivity index (χ0v) is 19.8. The number of sulfone groups is 1. The maximum absolute atomic E-state index is 11.6. The summed E-state index contributed by atoms with van der Waals surface area (Å²) in [7, 11) is -3.29. The van der Waals surface area contributed by atoms with Crippen molar-refractivity contribution in [3.8, 4) is 0 Å². The van der Waals surface area contributed by atoms with Crippen LogP contribution >= 0.6 is 0 Å². The van der Waals surface area contributed by atoms with E-state index in [1.165, 1.54) is 11.1 Å². The summed E-state index contributed by atoms with van der Waals surface area (Å²) in [5.41, 5.74) is -0.530. The Hall–Kier alpha value is -2.73.